The zero-order valence-electron chi connectivity index (χ0n) is 25.0. The Hall–Kier alpha value is -6.00. The highest BCUT2D eigenvalue weighted by molar-refractivity contribution is 6.13. The van der Waals surface area contributed by atoms with Crippen molar-refractivity contribution in [3.8, 4) is 11.5 Å². The third-order valence-electron chi connectivity index (χ3n) is 8.24. The highest BCUT2D eigenvalue weighted by atomic mass is 16.5. The van der Waals surface area contributed by atoms with Crippen LogP contribution in [0.25, 0.3) is 21.5 Å². The maximum Gasteiger partial charge on any atom is 0.323 e. The van der Waals surface area contributed by atoms with Crippen molar-refractivity contribution in [1.29, 1.82) is 0 Å². The van der Waals surface area contributed by atoms with Gasteiger partial charge in [0.05, 0.1) is 0 Å². The van der Waals surface area contributed by atoms with Crippen LogP contribution in [0, 0.1) is 0 Å². The molecule has 0 aliphatic heterocycles. The van der Waals surface area contributed by atoms with Crippen LogP contribution >= 0.6 is 0 Å². The maximum atomic E-state index is 14.2. The van der Waals surface area contributed by atoms with E-state index >= 15 is 0 Å². The summed E-state index contributed by atoms with van der Waals surface area (Å²) < 4.78 is 12.8. The first kappa shape index (κ1) is 28.8. The third-order valence-corrected chi connectivity index (χ3v) is 8.24. The van der Waals surface area contributed by atoms with E-state index in [1.165, 1.54) is 0 Å². The van der Waals surface area contributed by atoms with Crippen molar-refractivity contribution in [2.75, 3.05) is 0 Å². The first-order valence-electron chi connectivity index (χ1n) is 15.3. The Labute approximate surface area is 267 Å². The second-order valence-corrected chi connectivity index (χ2v) is 11.1. The number of benzene rings is 7. The lowest BCUT2D eigenvalue weighted by Crippen LogP contribution is -2.21. The molecule has 7 aromatic carbocycles. The van der Waals surface area contributed by atoms with E-state index in [1.54, 1.807) is 0 Å². The fourth-order valence-electron chi connectivity index (χ4n) is 6.10. The zero-order valence-corrected chi connectivity index (χ0v) is 25.0. The van der Waals surface area contributed by atoms with Gasteiger partial charge in [-0.25, -0.2) is 0 Å². The van der Waals surface area contributed by atoms with Gasteiger partial charge in [0.2, 0.25) is 0 Å². The monoisotopic (exact) mass is 598 g/mol. The molecule has 0 radical (unpaired) electrons. The van der Waals surface area contributed by atoms with Gasteiger partial charge in [-0.2, -0.15) is 0 Å². The molecule has 0 atom stereocenters. The van der Waals surface area contributed by atoms with Crippen molar-refractivity contribution >= 4 is 33.5 Å². The SMILES string of the molecule is O=C(Oc1c2ccccc2c(OC(=O)C(c2ccccc2)c2ccccc2)c2ccccc12)C(c1ccccc1)c1ccccc1. The van der Waals surface area contributed by atoms with Gasteiger partial charge < -0.3 is 9.47 Å². The normalized spacial score (nSPS) is 11.2. The Morgan fingerprint density at radius 2 is 0.543 bits per heavy atom. The molecule has 0 aromatic heterocycles. The summed E-state index contributed by atoms with van der Waals surface area (Å²) in [5, 5.41) is 2.70. The molecule has 0 unspecified atom stereocenters. The van der Waals surface area contributed by atoms with Crippen LogP contribution in [0.5, 0.6) is 11.5 Å². The highest BCUT2D eigenvalue weighted by Gasteiger charge is 2.29. The van der Waals surface area contributed by atoms with E-state index in [4.69, 9.17) is 9.47 Å². The quantitative estimate of drug-likeness (QED) is 0.0993. The Morgan fingerprint density at radius 1 is 0.326 bits per heavy atom. The van der Waals surface area contributed by atoms with Crippen molar-refractivity contribution in [2.24, 2.45) is 0 Å². The van der Waals surface area contributed by atoms with E-state index in [-0.39, 0.29) is 0 Å². The molecule has 0 saturated heterocycles. The fourth-order valence-corrected chi connectivity index (χ4v) is 6.10. The van der Waals surface area contributed by atoms with E-state index < -0.39 is 23.8 Å². The summed E-state index contributed by atoms with van der Waals surface area (Å²) in [6.07, 6.45) is 0. The van der Waals surface area contributed by atoms with Crippen LogP contribution in [0.15, 0.2) is 170 Å². The summed E-state index contributed by atoms with van der Waals surface area (Å²) in [5.41, 5.74) is 3.35. The van der Waals surface area contributed by atoms with E-state index in [1.807, 2.05) is 170 Å². The van der Waals surface area contributed by atoms with Gasteiger partial charge in [0.15, 0.2) is 0 Å². The number of ether oxygens (including phenoxy) is 2. The topological polar surface area (TPSA) is 52.6 Å². The van der Waals surface area contributed by atoms with Crippen molar-refractivity contribution < 1.29 is 19.1 Å². The van der Waals surface area contributed by atoms with Gasteiger partial charge >= 0.3 is 11.9 Å². The lowest BCUT2D eigenvalue weighted by atomic mass is 9.91. The van der Waals surface area contributed by atoms with E-state index in [9.17, 15) is 9.59 Å². The lowest BCUT2D eigenvalue weighted by molar-refractivity contribution is -0.136. The first-order valence-corrected chi connectivity index (χ1v) is 15.3. The summed E-state index contributed by atoms with van der Waals surface area (Å²) in [7, 11) is 0. The average molecular weight is 599 g/mol. The molecule has 0 aliphatic rings. The minimum absolute atomic E-state index is 0.398. The van der Waals surface area contributed by atoms with E-state index in [0.717, 1.165) is 22.3 Å². The molecule has 0 aliphatic carbocycles. The molecule has 222 valence electrons. The fraction of sp³-hybridized carbons (Fsp3) is 0.0476. The van der Waals surface area contributed by atoms with Crippen molar-refractivity contribution in [2.45, 2.75) is 11.8 Å². The Balaban J connectivity index is 1.34. The molecular weight excluding hydrogens is 568 g/mol. The number of hydrogen-bond donors (Lipinski definition) is 0. The van der Waals surface area contributed by atoms with Crippen LogP contribution in [0.4, 0.5) is 0 Å². The van der Waals surface area contributed by atoms with Crippen molar-refractivity contribution in [3.63, 3.8) is 0 Å². The number of hydrogen-bond acceptors (Lipinski definition) is 4. The van der Waals surface area contributed by atoms with Gasteiger partial charge in [0.25, 0.3) is 0 Å². The van der Waals surface area contributed by atoms with Gasteiger partial charge in [-0.15, -0.1) is 0 Å². The van der Waals surface area contributed by atoms with Crippen LogP contribution in [-0.4, -0.2) is 11.9 Å². The largest absolute Gasteiger partial charge is 0.424 e. The molecule has 0 bridgehead atoms. The van der Waals surface area contributed by atoms with Crippen LogP contribution in [0.2, 0.25) is 0 Å². The number of carbonyl (C=O) groups is 2. The van der Waals surface area contributed by atoms with Crippen molar-refractivity contribution in [3.05, 3.63) is 192 Å². The zero-order chi connectivity index (χ0) is 31.3. The molecule has 46 heavy (non-hydrogen) atoms. The Bertz CT molecular complexity index is 1830. The van der Waals surface area contributed by atoms with Crippen LogP contribution in [-0.2, 0) is 9.59 Å². The van der Waals surface area contributed by atoms with Gasteiger partial charge in [-0.05, 0) is 22.3 Å². The van der Waals surface area contributed by atoms with Crippen LogP contribution in [0.1, 0.15) is 34.1 Å². The summed E-state index contributed by atoms with van der Waals surface area (Å²) in [6, 6.07) is 53.7. The van der Waals surface area contributed by atoms with Gasteiger partial charge in [-0.1, -0.05) is 170 Å². The minimum Gasteiger partial charge on any atom is -0.424 e. The molecule has 0 N–H and O–H groups in total. The van der Waals surface area contributed by atoms with E-state index in [2.05, 4.69) is 0 Å². The Morgan fingerprint density at radius 3 is 0.783 bits per heavy atom. The lowest BCUT2D eigenvalue weighted by Gasteiger charge is -2.21. The molecule has 4 nitrogen and oxygen atoms in total. The molecule has 7 rings (SSSR count). The first-order chi connectivity index (χ1) is 22.7. The predicted molar refractivity (Wildman–Crippen MR) is 182 cm³/mol. The standard InChI is InChI=1S/C42H30O4/c43-41(37(29-17-5-1-6-18-29)30-19-7-2-8-20-30)45-39-33-25-13-15-27-35(33)40(36-28-16-14-26-34(36)39)46-42(44)38(31-21-9-3-10-22-31)32-23-11-4-12-24-32/h1-28,37-38H. The summed E-state index contributed by atoms with van der Waals surface area (Å²) in [4.78, 5) is 28.3. The number of esters is 2. The second kappa shape index (κ2) is 12.9. The number of carbonyl (C=O) groups excluding carboxylic acids is 2. The van der Waals surface area contributed by atoms with Crippen molar-refractivity contribution in [1.82, 2.24) is 0 Å². The van der Waals surface area contributed by atoms with Gasteiger partial charge in [-0.3, -0.25) is 9.59 Å². The predicted octanol–water partition coefficient (Wildman–Crippen LogP) is 9.47. The van der Waals surface area contributed by atoms with Crippen LogP contribution in [0.3, 0.4) is 0 Å². The molecule has 0 saturated carbocycles. The molecule has 0 spiro atoms. The molecule has 0 heterocycles. The second-order valence-electron chi connectivity index (χ2n) is 11.1. The highest BCUT2D eigenvalue weighted by Crippen LogP contribution is 2.44. The molecule has 4 heteroatoms. The average Bonchev–Trinajstić information content (AvgIpc) is 3.12. The molecular formula is C42H30O4. The summed E-state index contributed by atoms with van der Waals surface area (Å²) >= 11 is 0. The van der Waals surface area contributed by atoms with Crippen LogP contribution < -0.4 is 9.47 Å². The third kappa shape index (κ3) is 5.64. The molecule has 7 aromatic rings. The van der Waals surface area contributed by atoms with Gasteiger partial charge in [0.1, 0.15) is 23.3 Å². The molecule has 0 fully saturated rings. The Kier molecular flexibility index (Phi) is 8.08. The minimum atomic E-state index is -0.630. The number of rotatable bonds is 8. The maximum absolute atomic E-state index is 14.2. The summed E-state index contributed by atoms with van der Waals surface area (Å²) in [5.74, 6) is -1.20. The van der Waals surface area contributed by atoms with Gasteiger partial charge in [0, 0.05) is 21.5 Å². The van der Waals surface area contributed by atoms with E-state index in [0.29, 0.717) is 33.0 Å². The number of fused-ring (bicyclic) bond motifs is 2. The summed E-state index contributed by atoms with van der Waals surface area (Å²) in [6.45, 7) is 0. The molecule has 0 amide bonds. The smallest absolute Gasteiger partial charge is 0.323 e.